The number of sulfonamides is 1. The van der Waals surface area contributed by atoms with E-state index >= 15 is 0 Å². The number of nitrogens with zero attached hydrogens (tertiary/aromatic N) is 1. The Kier molecular flexibility index (Phi) is 4.81. The molecule has 0 bridgehead atoms. The van der Waals surface area contributed by atoms with Crippen LogP contribution < -0.4 is 0 Å². The Morgan fingerprint density at radius 2 is 1.95 bits per heavy atom. The lowest BCUT2D eigenvalue weighted by molar-refractivity contribution is 0.350. The molecule has 1 saturated carbocycles. The number of aliphatic hydroxyl groups excluding tert-OH is 1. The van der Waals surface area contributed by atoms with Crippen molar-refractivity contribution in [3.05, 3.63) is 29.8 Å². The lowest BCUT2D eigenvalue weighted by Gasteiger charge is -2.21. The van der Waals surface area contributed by atoms with E-state index in [0.717, 1.165) is 19.3 Å². The van der Waals surface area contributed by atoms with E-state index in [-0.39, 0.29) is 12.6 Å². The fourth-order valence-electron chi connectivity index (χ4n) is 2.07. The molecule has 108 valence electrons. The maximum absolute atomic E-state index is 12.6. The molecule has 1 aliphatic rings. The van der Waals surface area contributed by atoms with Gasteiger partial charge in [-0.3, -0.25) is 0 Å². The van der Waals surface area contributed by atoms with E-state index < -0.39 is 10.0 Å². The average Bonchev–Trinajstić information content (AvgIpc) is 3.27. The van der Waals surface area contributed by atoms with Crippen LogP contribution in [-0.4, -0.2) is 37.0 Å². The SMILES string of the molecule is CCCN(C1CC1)S(=O)(=O)c1ccc(C#CCO)cc1. The van der Waals surface area contributed by atoms with Crippen LogP contribution in [0.4, 0.5) is 0 Å². The average molecular weight is 293 g/mol. The first-order valence-electron chi connectivity index (χ1n) is 6.81. The summed E-state index contributed by atoms with van der Waals surface area (Å²) < 4.78 is 26.8. The molecular formula is C15H19NO3S. The molecule has 0 amide bonds. The topological polar surface area (TPSA) is 57.6 Å². The first kappa shape index (κ1) is 15.0. The fraction of sp³-hybridized carbons (Fsp3) is 0.467. The second-order valence-corrected chi connectivity index (χ2v) is 6.72. The number of hydrogen-bond donors (Lipinski definition) is 1. The van der Waals surface area contributed by atoms with Gasteiger partial charge in [0.25, 0.3) is 0 Å². The Morgan fingerprint density at radius 1 is 1.30 bits per heavy atom. The van der Waals surface area contributed by atoms with E-state index in [0.29, 0.717) is 17.0 Å². The first-order valence-corrected chi connectivity index (χ1v) is 8.25. The molecule has 1 aliphatic carbocycles. The van der Waals surface area contributed by atoms with Crippen LogP contribution >= 0.6 is 0 Å². The molecular weight excluding hydrogens is 274 g/mol. The smallest absolute Gasteiger partial charge is 0.243 e. The Hall–Kier alpha value is -1.35. The van der Waals surface area contributed by atoms with E-state index in [1.165, 1.54) is 0 Å². The summed E-state index contributed by atoms with van der Waals surface area (Å²) in [5.74, 6) is 5.29. The first-order chi connectivity index (χ1) is 9.59. The van der Waals surface area contributed by atoms with Crippen molar-refractivity contribution in [2.24, 2.45) is 0 Å². The molecule has 20 heavy (non-hydrogen) atoms. The Bertz CT molecular complexity index is 607. The number of hydrogen-bond acceptors (Lipinski definition) is 3. The fourth-order valence-corrected chi connectivity index (χ4v) is 3.85. The van der Waals surface area contributed by atoms with Gasteiger partial charge in [0, 0.05) is 18.2 Å². The molecule has 0 aliphatic heterocycles. The summed E-state index contributed by atoms with van der Waals surface area (Å²) in [5, 5.41) is 8.64. The van der Waals surface area contributed by atoms with Gasteiger partial charge in [0.05, 0.1) is 4.90 Å². The van der Waals surface area contributed by atoms with Gasteiger partial charge in [-0.1, -0.05) is 18.8 Å². The van der Waals surface area contributed by atoms with Gasteiger partial charge >= 0.3 is 0 Å². The largest absolute Gasteiger partial charge is 0.384 e. The maximum Gasteiger partial charge on any atom is 0.243 e. The number of aliphatic hydroxyl groups is 1. The van der Waals surface area contributed by atoms with Gasteiger partial charge in [0.2, 0.25) is 10.0 Å². The highest BCUT2D eigenvalue weighted by Gasteiger charge is 2.37. The highest BCUT2D eigenvalue weighted by molar-refractivity contribution is 7.89. The second kappa shape index (κ2) is 6.40. The van der Waals surface area contributed by atoms with Gasteiger partial charge in [-0.05, 0) is 43.5 Å². The van der Waals surface area contributed by atoms with Crippen molar-refractivity contribution in [3.8, 4) is 11.8 Å². The molecule has 4 nitrogen and oxygen atoms in total. The van der Waals surface area contributed by atoms with Gasteiger partial charge in [0.1, 0.15) is 6.61 Å². The number of benzene rings is 1. The summed E-state index contributed by atoms with van der Waals surface area (Å²) in [6.45, 7) is 2.35. The molecule has 1 fully saturated rings. The number of rotatable bonds is 5. The third kappa shape index (κ3) is 3.40. The lowest BCUT2D eigenvalue weighted by Crippen LogP contribution is -2.33. The Balaban J connectivity index is 2.24. The Labute approximate surface area is 120 Å². The summed E-state index contributed by atoms with van der Waals surface area (Å²) in [7, 11) is -3.40. The Morgan fingerprint density at radius 3 is 2.45 bits per heavy atom. The van der Waals surface area contributed by atoms with Crippen molar-refractivity contribution in [2.45, 2.75) is 37.1 Å². The van der Waals surface area contributed by atoms with Crippen molar-refractivity contribution in [2.75, 3.05) is 13.2 Å². The molecule has 0 saturated heterocycles. The quantitative estimate of drug-likeness (QED) is 0.839. The van der Waals surface area contributed by atoms with Gasteiger partial charge < -0.3 is 5.11 Å². The predicted molar refractivity (Wildman–Crippen MR) is 77.6 cm³/mol. The van der Waals surface area contributed by atoms with E-state index in [1.54, 1.807) is 28.6 Å². The third-order valence-corrected chi connectivity index (χ3v) is 5.14. The standard InChI is InChI=1S/C15H19NO3S/c1-2-11-16(14-7-8-14)20(18,19)15-9-5-13(6-10-15)4-3-12-17/h5-6,9-10,14,17H,2,7-8,11-12H2,1H3. The zero-order valence-corrected chi connectivity index (χ0v) is 12.4. The molecule has 5 heteroatoms. The molecule has 1 aromatic rings. The van der Waals surface area contributed by atoms with E-state index in [1.807, 2.05) is 6.92 Å². The minimum absolute atomic E-state index is 0.175. The zero-order chi connectivity index (χ0) is 14.6. The molecule has 2 rings (SSSR count). The molecule has 0 radical (unpaired) electrons. The van der Waals surface area contributed by atoms with Crippen LogP contribution in [0.15, 0.2) is 29.2 Å². The highest BCUT2D eigenvalue weighted by atomic mass is 32.2. The molecule has 0 spiro atoms. The van der Waals surface area contributed by atoms with Gasteiger partial charge in [-0.2, -0.15) is 4.31 Å². The van der Waals surface area contributed by atoms with Crippen molar-refractivity contribution < 1.29 is 13.5 Å². The van der Waals surface area contributed by atoms with E-state index in [9.17, 15) is 8.42 Å². The van der Waals surface area contributed by atoms with Gasteiger partial charge in [0.15, 0.2) is 0 Å². The van der Waals surface area contributed by atoms with E-state index in [2.05, 4.69) is 11.8 Å². The normalized spacial score (nSPS) is 14.9. The van der Waals surface area contributed by atoms with Crippen molar-refractivity contribution in [1.82, 2.24) is 4.31 Å². The summed E-state index contributed by atoms with van der Waals surface area (Å²) in [5.41, 5.74) is 0.700. The lowest BCUT2D eigenvalue weighted by atomic mass is 10.2. The zero-order valence-electron chi connectivity index (χ0n) is 11.5. The van der Waals surface area contributed by atoms with Crippen LogP contribution in [0.25, 0.3) is 0 Å². The predicted octanol–water partition coefficient (Wildman–Crippen LogP) is 1.59. The van der Waals surface area contributed by atoms with Crippen molar-refractivity contribution in [1.29, 1.82) is 0 Å². The van der Waals surface area contributed by atoms with Gasteiger partial charge in [-0.25, -0.2) is 8.42 Å². The molecule has 0 aromatic heterocycles. The van der Waals surface area contributed by atoms with E-state index in [4.69, 9.17) is 5.11 Å². The molecule has 1 aromatic carbocycles. The highest BCUT2D eigenvalue weighted by Crippen LogP contribution is 2.32. The molecule has 0 heterocycles. The minimum atomic E-state index is -3.40. The maximum atomic E-state index is 12.6. The molecule has 1 N–H and O–H groups in total. The van der Waals surface area contributed by atoms with Gasteiger partial charge in [-0.15, -0.1) is 0 Å². The second-order valence-electron chi connectivity index (χ2n) is 4.83. The van der Waals surface area contributed by atoms with Crippen LogP contribution in [0.5, 0.6) is 0 Å². The minimum Gasteiger partial charge on any atom is -0.384 e. The molecule has 0 atom stereocenters. The van der Waals surface area contributed by atoms with Crippen LogP contribution in [0, 0.1) is 11.8 Å². The third-order valence-electron chi connectivity index (χ3n) is 3.17. The summed E-state index contributed by atoms with van der Waals surface area (Å²) in [6.07, 6.45) is 2.73. The van der Waals surface area contributed by atoms with Crippen LogP contribution in [0.3, 0.4) is 0 Å². The molecule has 0 unspecified atom stereocenters. The van der Waals surface area contributed by atoms with Crippen molar-refractivity contribution >= 4 is 10.0 Å². The summed E-state index contributed by atoms with van der Waals surface area (Å²) in [6, 6.07) is 6.69. The monoisotopic (exact) mass is 293 g/mol. The van der Waals surface area contributed by atoms with Crippen LogP contribution in [0.2, 0.25) is 0 Å². The summed E-state index contributed by atoms with van der Waals surface area (Å²) in [4.78, 5) is 0.312. The van der Waals surface area contributed by atoms with Crippen LogP contribution in [-0.2, 0) is 10.0 Å². The summed E-state index contributed by atoms with van der Waals surface area (Å²) >= 11 is 0. The van der Waals surface area contributed by atoms with Crippen molar-refractivity contribution in [3.63, 3.8) is 0 Å². The van der Waals surface area contributed by atoms with Crippen LogP contribution in [0.1, 0.15) is 31.7 Å².